The quantitative estimate of drug-likeness (QED) is 0.625. The molecule has 3 aromatic rings. The van der Waals surface area contributed by atoms with Crippen LogP contribution in [0, 0.1) is 0 Å². The molecule has 2 heterocycles. The van der Waals surface area contributed by atoms with Crippen LogP contribution in [0.25, 0.3) is 16.6 Å². The van der Waals surface area contributed by atoms with E-state index in [-0.39, 0.29) is 0 Å². The topological polar surface area (TPSA) is 34.9 Å². The van der Waals surface area contributed by atoms with Gasteiger partial charge in [-0.25, -0.2) is 0 Å². The highest BCUT2D eigenvalue weighted by molar-refractivity contribution is 5.98. The SMILES string of the molecule is O=Cc1cn(-c2cccnc2)c2ccccc12. The number of hydrogen-bond acceptors (Lipinski definition) is 2. The molecule has 1 aromatic carbocycles. The van der Waals surface area contributed by atoms with Gasteiger partial charge in [0, 0.05) is 23.3 Å². The molecule has 0 bridgehead atoms. The second-order valence-electron chi connectivity index (χ2n) is 3.80. The predicted octanol–water partition coefficient (Wildman–Crippen LogP) is 2.84. The number of pyridine rings is 1. The summed E-state index contributed by atoms with van der Waals surface area (Å²) in [5, 5.41) is 0.964. The van der Waals surface area contributed by atoms with Gasteiger partial charge in [-0.3, -0.25) is 9.78 Å². The van der Waals surface area contributed by atoms with Gasteiger partial charge in [0.15, 0.2) is 6.29 Å². The molecular weight excluding hydrogens is 212 g/mol. The molecule has 2 aromatic heterocycles. The first kappa shape index (κ1) is 9.78. The van der Waals surface area contributed by atoms with Gasteiger partial charge in [0.05, 0.1) is 17.4 Å². The Labute approximate surface area is 98.3 Å². The predicted molar refractivity (Wildman–Crippen MR) is 66.5 cm³/mol. The molecule has 17 heavy (non-hydrogen) atoms. The van der Waals surface area contributed by atoms with Crippen LogP contribution in [0.2, 0.25) is 0 Å². The van der Waals surface area contributed by atoms with Crippen molar-refractivity contribution >= 4 is 17.2 Å². The normalized spacial score (nSPS) is 10.6. The summed E-state index contributed by atoms with van der Waals surface area (Å²) < 4.78 is 1.98. The minimum atomic E-state index is 0.699. The smallest absolute Gasteiger partial charge is 0.152 e. The largest absolute Gasteiger partial charge is 0.314 e. The fourth-order valence-electron chi connectivity index (χ4n) is 2.01. The third kappa shape index (κ3) is 1.52. The number of para-hydroxylation sites is 1. The van der Waals surface area contributed by atoms with Crippen LogP contribution >= 0.6 is 0 Å². The zero-order valence-electron chi connectivity index (χ0n) is 9.08. The van der Waals surface area contributed by atoms with Gasteiger partial charge in [0.2, 0.25) is 0 Å². The van der Waals surface area contributed by atoms with E-state index in [2.05, 4.69) is 4.98 Å². The van der Waals surface area contributed by atoms with Crippen LogP contribution in [0.5, 0.6) is 0 Å². The van der Waals surface area contributed by atoms with Crippen molar-refractivity contribution < 1.29 is 4.79 Å². The van der Waals surface area contributed by atoms with Gasteiger partial charge in [-0.05, 0) is 18.2 Å². The van der Waals surface area contributed by atoms with Crippen LogP contribution in [-0.2, 0) is 0 Å². The third-order valence-electron chi connectivity index (χ3n) is 2.79. The van der Waals surface area contributed by atoms with E-state index in [1.54, 1.807) is 12.4 Å². The monoisotopic (exact) mass is 222 g/mol. The van der Waals surface area contributed by atoms with Crippen molar-refractivity contribution in [1.82, 2.24) is 9.55 Å². The first-order valence-corrected chi connectivity index (χ1v) is 5.36. The Balaban J connectivity index is 2.34. The fourth-order valence-corrected chi connectivity index (χ4v) is 2.01. The maximum Gasteiger partial charge on any atom is 0.152 e. The van der Waals surface area contributed by atoms with Crippen molar-refractivity contribution in [3.63, 3.8) is 0 Å². The zero-order chi connectivity index (χ0) is 11.7. The number of hydrogen-bond donors (Lipinski definition) is 0. The molecule has 0 fully saturated rings. The maximum absolute atomic E-state index is 11.0. The van der Waals surface area contributed by atoms with Crippen LogP contribution in [0.4, 0.5) is 0 Å². The molecule has 3 nitrogen and oxygen atoms in total. The Bertz CT molecular complexity index is 671. The molecule has 0 spiro atoms. The Morgan fingerprint density at radius 1 is 1.12 bits per heavy atom. The highest BCUT2D eigenvalue weighted by Gasteiger charge is 2.08. The van der Waals surface area contributed by atoms with Gasteiger partial charge in [0.25, 0.3) is 0 Å². The summed E-state index contributed by atoms with van der Waals surface area (Å²) in [7, 11) is 0. The van der Waals surface area contributed by atoms with Crippen molar-refractivity contribution in [2.24, 2.45) is 0 Å². The number of aromatic nitrogens is 2. The summed E-state index contributed by atoms with van der Waals surface area (Å²) >= 11 is 0. The lowest BCUT2D eigenvalue weighted by Gasteiger charge is -2.03. The van der Waals surface area contributed by atoms with Crippen LogP contribution < -0.4 is 0 Å². The first-order valence-electron chi connectivity index (χ1n) is 5.36. The fraction of sp³-hybridized carbons (Fsp3) is 0. The average Bonchev–Trinajstić information content (AvgIpc) is 2.78. The number of benzene rings is 1. The van der Waals surface area contributed by atoms with Crippen LogP contribution in [-0.4, -0.2) is 15.8 Å². The minimum absolute atomic E-state index is 0.699. The minimum Gasteiger partial charge on any atom is -0.314 e. The lowest BCUT2D eigenvalue weighted by atomic mass is 10.2. The average molecular weight is 222 g/mol. The van der Waals surface area contributed by atoms with Crippen molar-refractivity contribution in [3.8, 4) is 5.69 Å². The number of aldehydes is 1. The van der Waals surface area contributed by atoms with Gasteiger partial charge >= 0.3 is 0 Å². The number of nitrogens with zero attached hydrogens (tertiary/aromatic N) is 2. The second-order valence-corrected chi connectivity index (χ2v) is 3.80. The van der Waals surface area contributed by atoms with Gasteiger partial charge in [-0.2, -0.15) is 0 Å². The van der Waals surface area contributed by atoms with Gasteiger partial charge in [-0.1, -0.05) is 18.2 Å². The lowest BCUT2D eigenvalue weighted by Crippen LogP contribution is -1.91. The first-order chi connectivity index (χ1) is 8.40. The van der Waals surface area contributed by atoms with E-state index in [0.717, 1.165) is 22.9 Å². The molecule has 0 saturated heterocycles. The Hall–Kier alpha value is -2.42. The molecule has 0 aliphatic rings. The number of rotatable bonds is 2. The van der Waals surface area contributed by atoms with E-state index in [0.29, 0.717) is 5.56 Å². The van der Waals surface area contributed by atoms with Crippen LogP contribution in [0.1, 0.15) is 10.4 Å². The summed E-state index contributed by atoms with van der Waals surface area (Å²) in [4.78, 5) is 15.1. The van der Waals surface area contributed by atoms with E-state index >= 15 is 0 Å². The third-order valence-corrected chi connectivity index (χ3v) is 2.79. The van der Waals surface area contributed by atoms with E-state index in [1.807, 2.05) is 47.2 Å². The second kappa shape index (κ2) is 3.87. The molecule has 3 rings (SSSR count). The van der Waals surface area contributed by atoms with Crippen molar-refractivity contribution in [3.05, 3.63) is 60.6 Å². The zero-order valence-corrected chi connectivity index (χ0v) is 9.08. The molecule has 0 aliphatic heterocycles. The molecule has 0 aliphatic carbocycles. The molecule has 0 N–H and O–H groups in total. The molecular formula is C14H10N2O. The van der Waals surface area contributed by atoms with E-state index < -0.39 is 0 Å². The summed E-state index contributed by atoms with van der Waals surface area (Å²) in [5.41, 5.74) is 2.67. The van der Waals surface area contributed by atoms with Crippen LogP contribution in [0.3, 0.4) is 0 Å². The molecule has 0 unspecified atom stereocenters. The van der Waals surface area contributed by atoms with Crippen molar-refractivity contribution in [1.29, 1.82) is 0 Å². The van der Waals surface area contributed by atoms with Gasteiger partial charge in [-0.15, -0.1) is 0 Å². The highest BCUT2D eigenvalue weighted by Crippen LogP contribution is 2.23. The molecule has 0 saturated carbocycles. The Morgan fingerprint density at radius 3 is 2.76 bits per heavy atom. The Morgan fingerprint density at radius 2 is 2.00 bits per heavy atom. The number of carbonyl (C=O) groups excluding carboxylic acids is 1. The Kier molecular flexibility index (Phi) is 2.22. The molecule has 82 valence electrons. The molecule has 3 heteroatoms. The summed E-state index contributed by atoms with van der Waals surface area (Å²) in [6.45, 7) is 0. The molecule has 0 amide bonds. The van der Waals surface area contributed by atoms with E-state index in [4.69, 9.17) is 0 Å². The summed E-state index contributed by atoms with van der Waals surface area (Å²) in [6, 6.07) is 11.7. The molecule has 0 atom stereocenters. The van der Waals surface area contributed by atoms with E-state index in [1.165, 1.54) is 0 Å². The van der Waals surface area contributed by atoms with Crippen LogP contribution in [0.15, 0.2) is 55.0 Å². The standard InChI is InChI=1S/C14H10N2O/c17-10-11-9-16(12-4-3-7-15-8-12)14-6-2-1-5-13(11)14/h1-10H. The summed E-state index contributed by atoms with van der Waals surface area (Å²) in [5.74, 6) is 0. The van der Waals surface area contributed by atoms with Gasteiger partial charge in [0.1, 0.15) is 0 Å². The van der Waals surface area contributed by atoms with E-state index in [9.17, 15) is 4.79 Å². The highest BCUT2D eigenvalue weighted by atomic mass is 16.1. The number of carbonyl (C=O) groups is 1. The lowest BCUT2D eigenvalue weighted by molar-refractivity contribution is 0.112. The number of fused-ring (bicyclic) bond motifs is 1. The van der Waals surface area contributed by atoms with Gasteiger partial charge < -0.3 is 4.57 Å². The van der Waals surface area contributed by atoms with Crippen molar-refractivity contribution in [2.45, 2.75) is 0 Å². The van der Waals surface area contributed by atoms with Crippen molar-refractivity contribution in [2.75, 3.05) is 0 Å². The maximum atomic E-state index is 11.0. The summed E-state index contributed by atoms with van der Waals surface area (Å²) in [6.07, 6.45) is 6.24. The molecule has 0 radical (unpaired) electrons.